The van der Waals surface area contributed by atoms with Gasteiger partial charge in [0.25, 0.3) is 5.69 Å². The molecule has 2 rings (SSSR count). The molecule has 7 heteroatoms. The molecule has 0 spiro atoms. The molecule has 0 aliphatic carbocycles. The van der Waals surface area contributed by atoms with Crippen LogP contribution in [0.4, 0.5) is 5.69 Å². The zero-order valence-corrected chi connectivity index (χ0v) is 10.2. The Hall–Kier alpha value is -2.44. The van der Waals surface area contributed by atoms with Crippen molar-refractivity contribution in [1.29, 1.82) is 0 Å². The van der Waals surface area contributed by atoms with E-state index in [1.54, 1.807) is 18.2 Å². The van der Waals surface area contributed by atoms with Crippen molar-refractivity contribution in [3.05, 3.63) is 39.9 Å². The van der Waals surface area contributed by atoms with Crippen LogP contribution in [0.3, 0.4) is 0 Å². The van der Waals surface area contributed by atoms with E-state index in [-0.39, 0.29) is 30.5 Å². The van der Waals surface area contributed by atoms with Crippen molar-refractivity contribution >= 4 is 17.5 Å². The van der Waals surface area contributed by atoms with Crippen LogP contribution in [0.5, 0.6) is 0 Å². The van der Waals surface area contributed by atoms with Crippen LogP contribution >= 0.6 is 0 Å². The molecule has 0 aromatic heterocycles. The first-order chi connectivity index (χ1) is 9.08. The Labute approximate surface area is 109 Å². The van der Waals surface area contributed by atoms with Gasteiger partial charge in [0, 0.05) is 24.7 Å². The number of benzene rings is 1. The summed E-state index contributed by atoms with van der Waals surface area (Å²) < 4.78 is 0. The number of hydrogen-bond acceptors (Lipinski definition) is 4. The average Bonchev–Trinajstić information content (AvgIpc) is 2.39. The van der Waals surface area contributed by atoms with Gasteiger partial charge in [0.15, 0.2) is 0 Å². The van der Waals surface area contributed by atoms with Crippen molar-refractivity contribution in [2.24, 2.45) is 0 Å². The van der Waals surface area contributed by atoms with E-state index >= 15 is 0 Å². The second kappa shape index (κ2) is 5.47. The van der Waals surface area contributed by atoms with Crippen molar-refractivity contribution in [1.82, 2.24) is 10.2 Å². The predicted molar refractivity (Wildman–Crippen MR) is 66.4 cm³/mol. The summed E-state index contributed by atoms with van der Waals surface area (Å²) in [7, 11) is 0. The summed E-state index contributed by atoms with van der Waals surface area (Å²) in [4.78, 5) is 35.0. The van der Waals surface area contributed by atoms with E-state index in [1.807, 2.05) is 0 Å². The van der Waals surface area contributed by atoms with Gasteiger partial charge in [-0.2, -0.15) is 0 Å². The fraction of sp³-hybridized carbons (Fsp3) is 0.333. The highest BCUT2D eigenvalue weighted by Gasteiger charge is 2.23. The standard InChI is InChI=1S/C12H13N3O4/c16-11-8-14(6-5-13-11)12(17)7-9-3-1-2-4-10(9)15(18)19/h1-4H,5-8H2,(H,13,16). The average molecular weight is 263 g/mol. The van der Waals surface area contributed by atoms with Gasteiger partial charge in [-0.15, -0.1) is 0 Å². The minimum absolute atomic E-state index is 0.0134. The van der Waals surface area contributed by atoms with E-state index in [1.165, 1.54) is 11.0 Å². The van der Waals surface area contributed by atoms with Gasteiger partial charge < -0.3 is 10.2 Å². The maximum absolute atomic E-state index is 12.0. The predicted octanol–water partition coefficient (Wildman–Crippen LogP) is 0.0957. The lowest BCUT2D eigenvalue weighted by atomic mass is 10.1. The molecule has 1 saturated heterocycles. The van der Waals surface area contributed by atoms with Crippen LogP contribution in [0.2, 0.25) is 0 Å². The lowest BCUT2D eigenvalue weighted by Crippen LogP contribution is -2.50. The Morgan fingerprint density at radius 1 is 1.42 bits per heavy atom. The summed E-state index contributed by atoms with van der Waals surface area (Å²) in [5.41, 5.74) is 0.292. The molecular weight excluding hydrogens is 250 g/mol. The third kappa shape index (κ3) is 3.06. The van der Waals surface area contributed by atoms with E-state index in [9.17, 15) is 19.7 Å². The number of para-hydroxylation sites is 1. The minimum Gasteiger partial charge on any atom is -0.353 e. The maximum Gasteiger partial charge on any atom is 0.273 e. The number of nitro benzene ring substituents is 1. The summed E-state index contributed by atoms with van der Waals surface area (Å²) >= 11 is 0. The highest BCUT2D eigenvalue weighted by Crippen LogP contribution is 2.18. The van der Waals surface area contributed by atoms with Crippen LogP contribution in [-0.4, -0.2) is 41.3 Å². The fourth-order valence-electron chi connectivity index (χ4n) is 1.96. The SMILES string of the molecule is O=C1CN(C(=O)Cc2ccccc2[N+](=O)[O-])CCN1. The van der Waals surface area contributed by atoms with E-state index in [0.29, 0.717) is 18.7 Å². The highest BCUT2D eigenvalue weighted by molar-refractivity contribution is 5.87. The highest BCUT2D eigenvalue weighted by atomic mass is 16.6. The number of amides is 2. The quantitative estimate of drug-likeness (QED) is 0.618. The molecule has 1 aliphatic heterocycles. The lowest BCUT2D eigenvalue weighted by molar-refractivity contribution is -0.385. The fourth-order valence-corrected chi connectivity index (χ4v) is 1.96. The molecule has 0 saturated carbocycles. The van der Waals surface area contributed by atoms with Gasteiger partial charge in [-0.1, -0.05) is 18.2 Å². The number of rotatable bonds is 3. The molecule has 0 radical (unpaired) electrons. The monoisotopic (exact) mass is 263 g/mol. The lowest BCUT2D eigenvalue weighted by Gasteiger charge is -2.26. The Morgan fingerprint density at radius 3 is 2.84 bits per heavy atom. The van der Waals surface area contributed by atoms with Gasteiger partial charge in [-0.05, 0) is 0 Å². The van der Waals surface area contributed by atoms with Crippen LogP contribution in [0, 0.1) is 10.1 Å². The van der Waals surface area contributed by atoms with E-state index in [4.69, 9.17) is 0 Å². The van der Waals surface area contributed by atoms with Crippen molar-refractivity contribution in [3.63, 3.8) is 0 Å². The van der Waals surface area contributed by atoms with Crippen LogP contribution in [0.1, 0.15) is 5.56 Å². The Morgan fingerprint density at radius 2 is 2.16 bits per heavy atom. The van der Waals surface area contributed by atoms with E-state index in [2.05, 4.69) is 5.32 Å². The molecule has 0 atom stereocenters. The zero-order valence-electron chi connectivity index (χ0n) is 10.2. The number of hydrogen-bond donors (Lipinski definition) is 1. The molecule has 1 N–H and O–H groups in total. The molecule has 1 aliphatic rings. The van der Waals surface area contributed by atoms with Crippen molar-refractivity contribution in [3.8, 4) is 0 Å². The number of carbonyl (C=O) groups excluding carboxylic acids is 2. The smallest absolute Gasteiger partial charge is 0.273 e. The third-order valence-corrected chi connectivity index (χ3v) is 2.92. The molecule has 100 valence electrons. The Kier molecular flexibility index (Phi) is 3.74. The molecule has 19 heavy (non-hydrogen) atoms. The first-order valence-electron chi connectivity index (χ1n) is 5.84. The van der Waals surface area contributed by atoms with E-state index < -0.39 is 4.92 Å². The Bertz CT molecular complexity index is 529. The maximum atomic E-state index is 12.0. The first-order valence-corrected chi connectivity index (χ1v) is 5.84. The van der Waals surface area contributed by atoms with Crippen molar-refractivity contribution < 1.29 is 14.5 Å². The van der Waals surface area contributed by atoms with E-state index in [0.717, 1.165) is 0 Å². The van der Waals surface area contributed by atoms with Crippen LogP contribution in [-0.2, 0) is 16.0 Å². The number of carbonyl (C=O) groups is 2. The molecule has 0 unspecified atom stereocenters. The molecule has 1 aromatic rings. The second-order valence-electron chi connectivity index (χ2n) is 4.23. The summed E-state index contributed by atoms with van der Waals surface area (Å²) in [5, 5.41) is 13.5. The van der Waals surface area contributed by atoms with Gasteiger partial charge in [-0.3, -0.25) is 19.7 Å². The van der Waals surface area contributed by atoms with Crippen molar-refractivity contribution in [2.75, 3.05) is 19.6 Å². The Balaban J connectivity index is 2.10. The van der Waals surface area contributed by atoms with Gasteiger partial charge >= 0.3 is 0 Å². The second-order valence-corrected chi connectivity index (χ2v) is 4.23. The molecular formula is C12H13N3O4. The molecule has 2 amide bonds. The first kappa shape index (κ1) is 13.0. The van der Waals surface area contributed by atoms with Crippen molar-refractivity contribution in [2.45, 2.75) is 6.42 Å². The van der Waals surface area contributed by atoms with Crippen LogP contribution in [0.25, 0.3) is 0 Å². The molecule has 1 aromatic carbocycles. The van der Waals surface area contributed by atoms with Gasteiger partial charge in [0.05, 0.1) is 17.9 Å². The summed E-state index contributed by atoms with van der Waals surface area (Å²) in [6.45, 7) is 0.867. The number of nitro groups is 1. The molecule has 1 fully saturated rings. The largest absolute Gasteiger partial charge is 0.353 e. The van der Waals surface area contributed by atoms with Gasteiger partial charge in [0.1, 0.15) is 0 Å². The summed E-state index contributed by atoms with van der Waals surface area (Å²) in [5.74, 6) is -0.480. The van der Waals surface area contributed by atoms with Gasteiger partial charge in [0.2, 0.25) is 11.8 Å². The number of nitrogens with one attached hydrogen (secondary N) is 1. The normalized spacial score (nSPS) is 14.9. The molecule has 0 bridgehead atoms. The third-order valence-electron chi connectivity index (χ3n) is 2.92. The summed E-state index contributed by atoms with van der Waals surface area (Å²) in [6.07, 6.45) is -0.0650. The number of nitrogens with zero attached hydrogens (tertiary/aromatic N) is 2. The molecule has 1 heterocycles. The topological polar surface area (TPSA) is 92.5 Å². The minimum atomic E-state index is -0.508. The summed E-state index contributed by atoms with van der Waals surface area (Å²) in [6, 6.07) is 6.13. The van der Waals surface area contributed by atoms with Gasteiger partial charge in [-0.25, -0.2) is 0 Å². The zero-order chi connectivity index (χ0) is 13.8. The molecule has 7 nitrogen and oxygen atoms in total. The number of piperazine rings is 1. The van der Waals surface area contributed by atoms with Crippen LogP contribution in [0.15, 0.2) is 24.3 Å². The van der Waals surface area contributed by atoms with Crippen LogP contribution < -0.4 is 5.32 Å².